The molecule has 4 N–H and O–H groups in total. The first-order valence-corrected chi connectivity index (χ1v) is 7.07. The zero-order chi connectivity index (χ0) is 13.6. The minimum absolute atomic E-state index is 0.0604. The number of carbonyl (C=O) groups excluding carboxylic acids is 1. The summed E-state index contributed by atoms with van der Waals surface area (Å²) in [6, 6.07) is 6.07. The molecule has 18 heavy (non-hydrogen) atoms. The van der Waals surface area contributed by atoms with E-state index in [1.807, 2.05) is 6.92 Å². The first-order chi connectivity index (χ1) is 8.43. The standard InChI is InChI=1S/C11H17N3O3S/c1-2-13-8-11(15)14-7-9-3-5-10(6-4-9)18(12,16)17/h3-6,13H,2,7-8H2,1H3,(H,14,15)(H2,12,16,17). The number of hydrogen-bond donors (Lipinski definition) is 3. The van der Waals surface area contributed by atoms with Crippen molar-refractivity contribution in [3.8, 4) is 0 Å². The Balaban J connectivity index is 2.52. The number of sulfonamides is 1. The van der Waals surface area contributed by atoms with E-state index in [0.29, 0.717) is 6.54 Å². The third-order valence-corrected chi connectivity index (χ3v) is 3.21. The maximum atomic E-state index is 11.3. The van der Waals surface area contributed by atoms with Crippen LogP contribution in [0.2, 0.25) is 0 Å². The van der Waals surface area contributed by atoms with Crippen molar-refractivity contribution in [2.24, 2.45) is 5.14 Å². The van der Waals surface area contributed by atoms with Crippen LogP contribution in [0.4, 0.5) is 0 Å². The van der Waals surface area contributed by atoms with E-state index in [1.54, 1.807) is 12.1 Å². The fraction of sp³-hybridized carbons (Fsp3) is 0.364. The predicted octanol–water partition coefficient (Wildman–Crippen LogP) is -0.440. The summed E-state index contributed by atoms with van der Waals surface area (Å²) in [4.78, 5) is 11.4. The van der Waals surface area contributed by atoms with E-state index in [9.17, 15) is 13.2 Å². The molecule has 100 valence electrons. The molecule has 0 heterocycles. The molecule has 0 saturated carbocycles. The number of nitrogens with two attached hydrogens (primary N) is 1. The molecular formula is C11H17N3O3S. The summed E-state index contributed by atoms with van der Waals surface area (Å²) < 4.78 is 22.1. The lowest BCUT2D eigenvalue weighted by Crippen LogP contribution is -2.33. The van der Waals surface area contributed by atoms with Gasteiger partial charge in [0.1, 0.15) is 0 Å². The highest BCUT2D eigenvalue weighted by molar-refractivity contribution is 7.89. The van der Waals surface area contributed by atoms with Crippen LogP contribution in [0, 0.1) is 0 Å². The smallest absolute Gasteiger partial charge is 0.238 e. The van der Waals surface area contributed by atoms with E-state index in [2.05, 4.69) is 10.6 Å². The van der Waals surface area contributed by atoms with Crippen LogP contribution in [0.3, 0.4) is 0 Å². The number of carbonyl (C=O) groups is 1. The summed E-state index contributed by atoms with van der Waals surface area (Å²) in [5.74, 6) is -0.104. The second-order valence-electron chi connectivity index (χ2n) is 3.75. The largest absolute Gasteiger partial charge is 0.351 e. The Labute approximate surface area is 107 Å². The van der Waals surface area contributed by atoms with E-state index in [1.165, 1.54) is 12.1 Å². The van der Waals surface area contributed by atoms with E-state index in [-0.39, 0.29) is 17.3 Å². The monoisotopic (exact) mass is 271 g/mol. The third kappa shape index (κ3) is 4.82. The molecule has 0 spiro atoms. The van der Waals surface area contributed by atoms with Crippen molar-refractivity contribution >= 4 is 15.9 Å². The average molecular weight is 271 g/mol. The van der Waals surface area contributed by atoms with Crippen LogP contribution in [0.15, 0.2) is 29.2 Å². The van der Waals surface area contributed by atoms with Crippen LogP contribution in [0.5, 0.6) is 0 Å². The number of nitrogens with one attached hydrogen (secondary N) is 2. The summed E-state index contributed by atoms with van der Waals surface area (Å²) in [7, 11) is -3.66. The lowest BCUT2D eigenvalue weighted by atomic mass is 10.2. The van der Waals surface area contributed by atoms with Gasteiger partial charge in [0, 0.05) is 6.54 Å². The summed E-state index contributed by atoms with van der Waals surface area (Å²) in [6.07, 6.45) is 0. The van der Waals surface area contributed by atoms with Crippen molar-refractivity contribution < 1.29 is 13.2 Å². The molecule has 1 aromatic carbocycles. The molecule has 0 aliphatic rings. The molecule has 6 nitrogen and oxygen atoms in total. The van der Waals surface area contributed by atoms with Gasteiger partial charge in [0.05, 0.1) is 11.4 Å². The predicted molar refractivity (Wildman–Crippen MR) is 68.2 cm³/mol. The maximum absolute atomic E-state index is 11.3. The van der Waals surface area contributed by atoms with Gasteiger partial charge in [0.15, 0.2) is 0 Å². The quantitative estimate of drug-likeness (QED) is 0.653. The molecule has 0 atom stereocenters. The van der Waals surface area contributed by atoms with Crippen molar-refractivity contribution in [2.45, 2.75) is 18.4 Å². The number of rotatable bonds is 6. The molecule has 0 aliphatic carbocycles. The van der Waals surface area contributed by atoms with Crippen molar-refractivity contribution in [1.82, 2.24) is 10.6 Å². The Morgan fingerprint density at radius 3 is 2.39 bits per heavy atom. The first kappa shape index (κ1) is 14.6. The Bertz CT molecular complexity index is 497. The van der Waals surface area contributed by atoms with Crippen LogP contribution in [0.1, 0.15) is 12.5 Å². The zero-order valence-corrected chi connectivity index (χ0v) is 11.0. The molecule has 7 heteroatoms. The van der Waals surface area contributed by atoms with Gasteiger partial charge >= 0.3 is 0 Å². The van der Waals surface area contributed by atoms with Crippen LogP contribution >= 0.6 is 0 Å². The van der Waals surface area contributed by atoms with E-state index in [0.717, 1.165) is 12.1 Å². The van der Waals surface area contributed by atoms with E-state index >= 15 is 0 Å². The van der Waals surface area contributed by atoms with Gasteiger partial charge in [0.2, 0.25) is 15.9 Å². The number of hydrogen-bond acceptors (Lipinski definition) is 4. The van der Waals surface area contributed by atoms with Crippen LogP contribution in [-0.4, -0.2) is 27.4 Å². The molecule has 0 bridgehead atoms. The molecule has 1 amide bonds. The van der Waals surface area contributed by atoms with Crippen molar-refractivity contribution in [3.05, 3.63) is 29.8 Å². The van der Waals surface area contributed by atoms with Crippen molar-refractivity contribution in [2.75, 3.05) is 13.1 Å². The second-order valence-corrected chi connectivity index (χ2v) is 5.31. The van der Waals surface area contributed by atoms with Gasteiger partial charge in [0.25, 0.3) is 0 Å². The number of likely N-dealkylation sites (N-methyl/N-ethyl adjacent to an activating group) is 1. The SMILES string of the molecule is CCNCC(=O)NCc1ccc(S(N)(=O)=O)cc1. The third-order valence-electron chi connectivity index (χ3n) is 2.28. The minimum atomic E-state index is -3.66. The summed E-state index contributed by atoms with van der Waals surface area (Å²) in [5, 5.41) is 10.6. The number of amides is 1. The molecule has 0 aliphatic heterocycles. The lowest BCUT2D eigenvalue weighted by Gasteiger charge is -2.06. The Kier molecular flexibility index (Phi) is 5.26. The topological polar surface area (TPSA) is 101 Å². The van der Waals surface area contributed by atoms with E-state index in [4.69, 9.17) is 5.14 Å². The summed E-state index contributed by atoms with van der Waals surface area (Å²) in [6.45, 7) is 3.27. The molecular weight excluding hydrogens is 254 g/mol. The first-order valence-electron chi connectivity index (χ1n) is 5.52. The Hall–Kier alpha value is -1.44. The van der Waals surface area contributed by atoms with Gasteiger partial charge in [-0.05, 0) is 24.2 Å². The molecule has 1 aromatic rings. The highest BCUT2D eigenvalue weighted by Gasteiger charge is 2.07. The lowest BCUT2D eigenvalue weighted by molar-refractivity contribution is -0.120. The van der Waals surface area contributed by atoms with Crippen molar-refractivity contribution in [1.29, 1.82) is 0 Å². The Morgan fingerprint density at radius 2 is 1.89 bits per heavy atom. The van der Waals surface area contributed by atoms with Gasteiger partial charge in [-0.25, -0.2) is 13.6 Å². The van der Waals surface area contributed by atoms with Crippen LogP contribution in [-0.2, 0) is 21.4 Å². The maximum Gasteiger partial charge on any atom is 0.238 e. The van der Waals surface area contributed by atoms with Gasteiger partial charge in [-0.3, -0.25) is 4.79 Å². The molecule has 0 radical (unpaired) electrons. The highest BCUT2D eigenvalue weighted by atomic mass is 32.2. The summed E-state index contributed by atoms with van der Waals surface area (Å²) in [5.41, 5.74) is 0.812. The molecule has 0 aromatic heterocycles. The fourth-order valence-electron chi connectivity index (χ4n) is 1.30. The summed E-state index contributed by atoms with van der Waals surface area (Å²) >= 11 is 0. The number of benzene rings is 1. The zero-order valence-electron chi connectivity index (χ0n) is 10.1. The number of primary sulfonamides is 1. The second kappa shape index (κ2) is 6.48. The highest BCUT2D eigenvalue weighted by Crippen LogP contribution is 2.08. The van der Waals surface area contributed by atoms with Gasteiger partial charge in [-0.1, -0.05) is 19.1 Å². The van der Waals surface area contributed by atoms with Crippen LogP contribution < -0.4 is 15.8 Å². The molecule has 0 saturated heterocycles. The van der Waals surface area contributed by atoms with Gasteiger partial charge in [-0.2, -0.15) is 0 Å². The van der Waals surface area contributed by atoms with Gasteiger partial charge < -0.3 is 10.6 Å². The average Bonchev–Trinajstić information content (AvgIpc) is 2.33. The fourth-order valence-corrected chi connectivity index (χ4v) is 1.81. The molecule has 1 rings (SSSR count). The Morgan fingerprint density at radius 1 is 1.28 bits per heavy atom. The van der Waals surface area contributed by atoms with Crippen molar-refractivity contribution in [3.63, 3.8) is 0 Å². The van der Waals surface area contributed by atoms with E-state index < -0.39 is 10.0 Å². The molecule has 0 unspecified atom stereocenters. The van der Waals surface area contributed by atoms with Gasteiger partial charge in [-0.15, -0.1) is 0 Å². The minimum Gasteiger partial charge on any atom is -0.351 e. The normalized spacial score (nSPS) is 11.2. The molecule has 0 fully saturated rings. The van der Waals surface area contributed by atoms with Crippen LogP contribution in [0.25, 0.3) is 0 Å².